The highest BCUT2D eigenvalue weighted by Gasteiger charge is 2.27. The predicted molar refractivity (Wildman–Crippen MR) is 150 cm³/mol. The van der Waals surface area contributed by atoms with Crippen molar-refractivity contribution in [3.63, 3.8) is 0 Å². The van der Waals surface area contributed by atoms with Gasteiger partial charge in [0.2, 0.25) is 5.95 Å². The number of rotatable bonds is 7. The Kier molecular flexibility index (Phi) is 8.06. The van der Waals surface area contributed by atoms with Crippen molar-refractivity contribution in [2.75, 3.05) is 31.6 Å². The molecule has 3 aliphatic rings. The second kappa shape index (κ2) is 12.0. The number of nitrogens with zero attached hydrogens (tertiary/aromatic N) is 5. The van der Waals surface area contributed by atoms with Crippen LogP contribution in [0.25, 0.3) is 17.1 Å². The first kappa shape index (κ1) is 26.2. The summed E-state index contributed by atoms with van der Waals surface area (Å²) in [5.41, 5.74) is 1.82. The summed E-state index contributed by atoms with van der Waals surface area (Å²) in [7, 11) is 0. The molecule has 0 bridgehead atoms. The molecule has 39 heavy (non-hydrogen) atoms. The maximum Gasteiger partial charge on any atom is 0.333 e. The van der Waals surface area contributed by atoms with Gasteiger partial charge in [0, 0.05) is 44.2 Å². The van der Waals surface area contributed by atoms with Crippen molar-refractivity contribution >= 4 is 5.95 Å². The molecule has 0 amide bonds. The van der Waals surface area contributed by atoms with Crippen LogP contribution in [-0.2, 0) is 11.3 Å². The second-order valence-electron chi connectivity index (χ2n) is 11.3. The molecule has 2 aromatic heterocycles. The standard InChI is InChI=1S/C30H39FN6O2/c31-23-4-8-26(9-5-23)37-28(21-36(30(37)38)20-22-13-18-39-19-14-22)27-12-15-32-29(34-27)33-24-6-10-25(11-7-24)35-16-2-1-3-17-35/h4-5,8-9,12,15,21-22,24-25H,1-3,6-7,10-11,13-14,16-20H2,(H,32,33,34). The number of anilines is 1. The summed E-state index contributed by atoms with van der Waals surface area (Å²) in [6.45, 7) is 4.58. The number of ether oxygens (including phenoxy) is 1. The lowest BCUT2D eigenvalue weighted by Gasteiger charge is -2.39. The predicted octanol–water partition coefficient (Wildman–Crippen LogP) is 4.87. The fourth-order valence-electron chi connectivity index (χ4n) is 6.47. The third-order valence-electron chi connectivity index (χ3n) is 8.69. The van der Waals surface area contributed by atoms with Crippen molar-refractivity contribution in [1.29, 1.82) is 0 Å². The van der Waals surface area contributed by atoms with Crippen LogP contribution in [0.3, 0.4) is 0 Å². The number of aromatic nitrogens is 4. The summed E-state index contributed by atoms with van der Waals surface area (Å²) in [4.78, 5) is 25.7. The number of likely N-dealkylation sites (tertiary alicyclic amines) is 1. The number of benzene rings is 1. The van der Waals surface area contributed by atoms with E-state index in [0.29, 0.717) is 47.6 Å². The largest absolute Gasteiger partial charge is 0.381 e. The van der Waals surface area contributed by atoms with Gasteiger partial charge in [-0.2, -0.15) is 0 Å². The van der Waals surface area contributed by atoms with E-state index in [0.717, 1.165) is 38.9 Å². The van der Waals surface area contributed by atoms with Gasteiger partial charge < -0.3 is 15.0 Å². The minimum absolute atomic E-state index is 0.146. The Hall–Kier alpha value is -3.04. The lowest BCUT2D eigenvalue weighted by Crippen LogP contribution is -2.43. The normalized spacial score (nSPS) is 23.1. The molecule has 3 fully saturated rings. The van der Waals surface area contributed by atoms with Crippen LogP contribution in [0.2, 0.25) is 0 Å². The van der Waals surface area contributed by atoms with E-state index in [2.05, 4.69) is 15.2 Å². The van der Waals surface area contributed by atoms with E-state index < -0.39 is 0 Å². The van der Waals surface area contributed by atoms with E-state index in [-0.39, 0.29) is 11.5 Å². The van der Waals surface area contributed by atoms with Crippen molar-refractivity contribution in [1.82, 2.24) is 24.0 Å². The summed E-state index contributed by atoms with van der Waals surface area (Å²) in [6, 6.07) is 8.94. The van der Waals surface area contributed by atoms with Gasteiger partial charge >= 0.3 is 5.69 Å². The molecule has 0 atom stereocenters. The highest BCUT2D eigenvalue weighted by Crippen LogP contribution is 2.28. The van der Waals surface area contributed by atoms with Crippen LogP contribution in [-0.4, -0.2) is 62.4 Å². The van der Waals surface area contributed by atoms with Crippen molar-refractivity contribution in [3.8, 4) is 17.1 Å². The Morgan fingerprint density at radius 3 is 2.44 bits per heavy atom. The first-order valence-corrected chi connectivity index (χ1v) is 14.6. The average Bonchev–Trinajstić information content (AvgIpc) is 3.30. The summed E-state index contributed by atoms with van der Waals surface area (Å²) >= 11 is 0. The minimum atomic E-state index is -0.335. The molecule has 1 aliphatic carbocycles. The highest BCUT2D eigenvalue weighted by molar-refractivity contribution is 5.59. The van der Waals surface area contributed by atoms with Gasteiger partial charge in [-0.3, -0.25) is 9.13 Å². The Labute approximate surface area is 229 Å². The number of imidazole rings is 1. The number of nitrogens with one attached hydrogen (secondary N) is 1. The molecule has 0 unspecified atom stereocenters. The zero-order valence-electron chi connectivity index (χ0n) is 22.6. The molecule has 8 nitrogen and oxygen atoms in total. The number of hydrogen-bond donors (Lipinski definition) is 1. The lowest BCUT2D eigenvalue weighted by molar-refractivity contribution is 0.0609. The van der Waals surface area contributed by atoms with Crippen molar-refractivity contribution in [3.05, 3.63) is 59.0 Å². The molecule has 2 saturated heterocycles. The molecule has 9 heteroatoms. The van der Waals surface area contributed by atoms with Crippen LogP contribution < -0.4 is 11.0 Å². The monoisotopic (exact) mass is 534 g/mol. The molecule has 3 aromatic rings. The SMILES string of the molecule is O=c1n(CC2CCOCC2)cc(-c2ccnc(NC3CCC(N4CCCCC4)CC3)n2)n1-c1ccc(F)cc1. The number of halogens is 1. The topological polar surface area (TPSA) is 77.2 Å². The van der Waals surface area contributed by atoms with Crippen molar-refractivity contribution < 1.29 is 9.13 Å². The fourth-order valence-corrected chi connectivity index (χ4v) is 6.47. The van der Waals surface area contributed by atoms with Crippen LogP contribution in [0, 0.1) is 11.7 Å². The molecule has 0 spiro atoms. The van der Waals surface area contributed by atoms with Gasteiger partial charge in [0.1, 0.15) is 5.82 Å². The quantitative estimate of drug-likeness (QED) is 0.466. The van der Waals surface area contributed by atoms with Gasteiger partial charge in [0.25, 0.3) is 0 Å². The zero-order valence-corrected chi connectivity index (χ0v) is 22.6. The molecular weight excluding hydrogens is 495 g/mol. The molecule has 1 aromatic carbocycles. The third kappa shape index (κ3) is 6.09. The Morgan fingerprint density at radius 2 is 1.69 bits per heavy atom. The summed E-state index contributed by atoms with van der Waals surface area (Å²) < 4.78 is 22.6. The van der Waals surface area contributed by atoms with Gasteiger partial charge in [-0.25, -0.2) is 19.2 Å². The Balaban J connectivity index is 1.22. The van der Waals surface area contributed by atoms with Gasteiger partial charge in [0.05, 0.1) is 17.1 Å². The smallest absolute Gasteiger partial charge is 0.333 e. The fraction of sp³-hybridized carbons (Fsp3) is 0.567. The van der Waals surface area contributed by atoms with Crippen LogP contribution in [0.1, 0.15) is 57.8 Å². The van der Waals surface area contributed by atoms with E-state index in [1.54, 1.807) is 27.5 Å². The van der Waals surface area contributed by atoms with Crippen LogP contribution >= 0.6 is 0 Å². The first-order chi connectivity index (χ1) is 19.1. The molecule has 208 valence electrons. The Bertz CT molecular complexity index is 1290. The van der Waals surface area contributed by atoms with Crippen molar-refractivity contribution in [2.45, 2.75) is 76.4 Å². The number of piperidine rings is 1. The molecular formula is C30H39FN6O2. The molecule has 2 aliphatic heterocycles. The molecule has 1 N–H and O–H groups in total. The van der Waals surface area contributed by atoms with Gasteiger partial charge in [-0.1, -0.05) is 6.42 Å². The van der Waals surface area contributed by atoms with E-state index in [1.165, 1.54) is 57.3 Å². The Morgan fingerprint density at radius 1 is 0.949 bits per heavy atom. The second-order valence-corrected chi connectivity index (χ2v) is 11.3. The first-order valence-electron chi connectivity index (χ1n) is 14.6. The maximum atomic E-state index is 13.7. The molecule has 0 radical (unpaired) electrons. The lowest BCUT2D eigenvalue weighted by atomic mass is 9.89. The summed E-state index contributed by atoms with van der Waals surface area (Å²) in [6.07, 6.45) is 14.2. The third-order valence-corrected chi connectivity index (χ3v) is 8.69. The van der Waals surface area contributed by atoms with Crippen LogP contribution in [0.15, 0.2) is 47.5 Å². The van der Waals surface area contributed by atoms with Gasteiger partial charge in [-0.15, -0.1) is 0 Å². The van der Waals surface area contributed by atoms with Gasteiger partial charge in [-0.05, 0) is 101 Å². The van der Waals surface area contributed by atoms with Crippen LogP contribution in [0.4, 0.5) is 10.3 Å². The highest BCUT2D eigenvalue weighted by atomic mass is 19.1. The minimum Gasteiger partial charge on any atom is -0.381 e. The van der Waals surface area contributed by atoms with Crippen molar-refractivity contribution in [2.24, 2.45) is 5.92 Å². The van der Waals surface area contributed by atoms with Gasteiger partial charge in [0.15, 0.2) is 0 Å². The zero-order chi connectivity index (χ0) is 26.6. The summed E-state index contributed by atoms with van der Waals surface area (Å²) in [5.74, 6) is 0.638. The van der Waals surface area contributed by atoms with E-state index in [4.69, 9.17) is 9.72 Å². The van der Waals surface area contributed by atoms with E-state index in [1.807, 2.05) is 12.3 Å². The maximum absolute atomic E-state index is 13.7. The average molecular weight is 535 g/mol. The van der Waals surface area contributed by atoms with E-state index in [9.17, 15) is 9.18 Å². The van der Waals surface area contributed by atoms with E-state index >= 15 is 0 Å². The summed E-state index contributed by atoms with van der Waals surface area (Å²) in [5, 5.41) is 3.57. The number of hydrogen-bond acceptors (Lipinski definition) is 6. The van der Waals surface area contributed by atoms with Crippen LogP contribution in [0.5, 0.6) is 0 Å². The molecule has 1 saturated carbocycles. The molecule has 4 heterocycles. The molecule has 6 rings (SSSR count).